The van der Waals surface area contributed by atoms with Gasteiger partial charge in [-0.3, -0.25) is 9.59 Å². The number of rotatable bonds is 9. The van der Waals surface area contributed by atoms with Gasteiger partial charge < -0.3 is 14.8 Å². The Morgan fingerprint density at radius 1 is 1.00 bits per heavy atom. The van der Waals surface area contributed by atoms with Crippen molar-refractivity contribution in [2.45, 2.75) is 31.8 Å². The van der Waals surface area contributed by atoms with E-state index in [1.807, 2.05) is 65.7 Å². The van der Waals surface area contributed by atoms with Crippen LogP contribution in [0.3, 0.4) is 0 Å². The summed E-state index contributed by atoms with van der Waals surface area (Å²) in [4.78, 5) is 33.9. The molecule has 0 unspecified atom stereocenters. The van der Waals surface area contributed by atoms with E-state index in [0.717, 1.165) is 28.4 Å². The summed E-state index contributed by atoms with van der Waals surface area (Å²) in [7, 11) is 0. The lowest BCUT2D eigenvalue weighted by Gasteiger charge is -2.28. The first-order valence-corrected chi connectivity index (χ1v) is 13.3. The minimum atomic E-state index is -0.102. The number of aromatic amines is 1. The number of hydrogen-bond donors (Lipinski definition) is 1. The number of aromatic nitrogens is 1. The average Bonchev–Trinajstić information content (AvgIpc) is 3.65. The lowest BCUT2D eigenvalue weighted by atomic mass is 10.1. The fourth-order valence-corrected chi connectivity index (χ4v) is 5.01. The molecule has 1 aliphatic rings. The number of carbonyl (C=O) groups excluding carboxylic acids is 2. The first-order valence-electron chi connectivity index (χ1n) is 12.1. The van der Waals surface area contributed by atoms with Crippen LogP contribution < -0.4 is 0 Å². The number of carbonyl (C=O) groups is 2. The van der Waals surface area contributed by atoms with Crippen LogP contribution in [0.25, 0.3) is 10.9 Å². The van der Waals surface area contributed by atoms with Crippen LogP contribution in [0.15, 0.2) is 83.5 Å². The Hall–Kier alpha value is -3.09. The molecule has 2 amide bonds. The van der Waals surface area contributed by atoms with Crippen molar-refractivity contribution in [3.63, 3.8) is 0 Å². The van der Waals surface area contributed by atoms with E-state index in [2.05, 4.69) is 33.0 Å². The Kier molecular flexibility index (Phi) is 7.44. The predicted octanol–water partition coefficient (Wildman–Crippen LogP) is 6.46. The quantitative estimate of drug-likeness (QED) is 0.254. The summed E-state index contributed by atoms with van der Waals surface area (Å²) < 4.78 is 0.846. The lowest BCUT2D eigenvalue weighted by molar-refractivity contribution is -0.132. The normalized spacial score (nSPS) is 13.1. The third-order valence-corrected chi connectivity index (χ3v) is 7.34. The zero-order chi connectivity index (χ0) is 25.1. The summed E-state index contributed by atoms with van der Waals surface area (Å²) in [6.07, 6.45) is 4.59. The molecule has 1 heterocycles. The highest BCUT2D eigenvalue weighted by Crippen LogP contribution is 2.29. The molecule has 0 spiro atoms. The van der Waals surface area contributed by atoms with Crippen molar-refractivity contribution in [3.8, 4) is 0 Å². The monoisotopic (exact) mass is 563 g/mol. The molecule has 184 valence electrons. The van der Waals surface area contributed by atoms with Crippen LogP contribution in [0.5, 0.6) is 0 Å². The largest absolute Gasteiger partial charge is 0.361 e. The van der Waals surface area contributed by atoms with E-state index in [1.165, 1.54) is 10.9 Å². The highest BCUT2D eigenvalue weighted by atomic mass is 79.9. The molecule has 1 saturated carbocycles. The van der Waals surface area contributed by atoms with Crippen molar-refractivity contribution in [1.82, 2.24) is 14.8 Å². The van der Waals surface area contributed by atoms with Crippen molar-refractivity contribution in [3.05, 3.63) is 105 Å². The number of benzene rings is 3. The molecule has 0 radical (unpaired) electrons. The van der Waals surface area contributed by atoms with E-state index in [9.17, 15) is 9.59 Å². The summed E-state index contributed by atoms with van der Waals surface area (Å²) >= 11 is 9.53. The average molecular weight is 565 g/mol. The van der Waals surface area contributed by atoms with Gasteiger partial charge in [-0.05, 0) is 66.8 Å². The maximum atomic E-state index is 13.7. The van der Waals surface area contributed by atoms with Gasteiger partial charge in [0.2, 0.25) is 5.91 Å². The van der Waals surface area contributed by atoms with Crippen molar-refractivity contribution < 1.29 is 9.59 Å². The molecule has 1 fully saturated rings. The Labute approximate surface area is 224 Å². The number of halogens is 2. The van der Waals surface area contributed by atoms with Gasteiger partial charge >= 0.3 is 0 Å². The second kappa shape index (κ2) is 10.9. The fourth-order valence-electron chi connectivity index (χ4n) is 4.48. The lowest BCUT2D eigenvalue weighted by Crippen LogP contribution is -2.44. The maximum Gasteiger partial charge on any atom is 0.254 e. The number of hydrogen-bond acceptors (Lipinski definition) is 2. The zero-order valence-corrected chi connectivity index (χ0v) is 22.1. The molecule has 0 saturated heterocycles. The number of para-hydroxylation sites is 1. The summed E-state index contributed by atoms with van der Waals surface area (Å²) in [5.41, 5.74) is 3.85. The van der Waals surface area contributed by atoms with Crippen LogP contribution in [0, 0.1) is 0 Å². The van der Waals surface area contributed by atoms with Crippen molar-refractivity contribution in [2.75, 3.05) is 13.1 Å². The van der Waals surface area contributed by atoms with E-state index in [-0.39, 0.29) is 24.4 Å². The second-order valence-corrected chi connectivity index (χ2v) is 10.6. The fraction of sp³-hybridized carbons (Fsp3) is 0.241. The molecule has 7 heteroatoms. The molecule has 5 nitrogen and oxygen atoms in total. The van der Waals surface area contributed by atoms with Crippen LogP contribution in [0.4, 0.5) is 0 Å². The molecule has 4 aromatic rings. The standard InChI is InChI=1S/C29H27BrClN3O2/c30-23-5-3-4-21(16-23)29(36)34(25-12-13-25)19-28(35)33(18-20-8-10-24(31)11-9-20)15-14-22-17-32-27-7-2-1-6-26(22)27/h1-11,16-17,25,32H,12-15,18-19H2. The Bertz CT molecular complexity index is 1380. The van der Waals surface area contributed by atoms with Crippen LogP contribution in [0.2, 0.25) is 5.02 Å². The number of nitrogens with zero attached hydrogens (tertiary/aromatic N) is 2. The van der Waals surface area contributed by atoms with Crippen molar-refractivity contribution in [1.29, 1.82) is 0 Å². The van der Waals surface area contributed by atoms with Gasteiger partial charge in [0.1, 0.15) is 6.54 Å². The van der Waals surface area contributed by atoms with Gasteiger partial charge in [0, 0.05) is 51.3 Å². The number of amides is 2. The van der Waals surface area contributed by atoms with E-state index in [4.69, 9.17) is 11.6 Å². The van der Waals surface area contributed by atoms with Gasteiger partial charge in [0.25, 0.3) is 5.91 Å². The molecule has 36 heavy (non-hydrogen) atoms. The Balaban J connectivity index is 1.35. The number of H-pyrrole nitrogens is 1. The topological polar surface area (TPSA) is 56.4 Å². The van der Waals surface area contributed by atoms with Crippen LogP contribution in [-0.2, 0) is 17.8 Å². The Morgan fingerprint density at radius 3 is 2.53 bits per heavy atom. The third kappa shape index (κ3) is 5.82. The van der Waals surface area contributed by atoms with E-state index < -0.39 is 0 Å². The van der Waals surface area contributed by atoms with Gasteiger partial charge in [-0.15, -0.1) is 0 Å². The summed E-state index contributed by atoms with van der Waals surface area (Å²) in [6.45, 7) is 1.08. The minimum Gasteiger partial charge on any atom is -0.361 e. The molecule has 0 bridgehead atoms. The molecule has 3 aromatic carbocycles. The highest BCUT2D eigenvalue weighted by Gasteiger charge is 2.35. The third-order valence-electron chi connectivity index (χ3n) is 6.59. The zero-order valence-electron chi connectivity index (χ0n) is 19.8. The molecule has 1 aromatic heterocycles. The molecule has 1 N–H and O–H groups in total. The van der Waals surface area contributed by atoms with Crippen molar-refractivity contribution >= 4 is 50.2 Å². The smallest absolute Gasteiger partial charge is 0.254 e. The maximum absolute atomic E-state index is 13.7. The van der Waals surface area contributed by atoms with Gasteiger partial charge in [0.15, 0.2) is 0 Å². The number of fused-ring (bicyclic) bond motifs is 1. The van der Waals surface area contributed by atoms with E-state index in [1.54, 1.807) is 11.0 Å². The van der Waals surface area contributed by atoms with Crippen LogP contribution >= 0.6 is 27.5 Å². The van der Waals surface area contributed by atoms with Crippen LogP contribution in [-0.4, -0.2) is 45.7 Å². The molecule has 1 aliphatic carbocycles. The van der Waals surface area contributed by atoms with Gasteiger partial charge in [0.05, 0.1) is 0 Å². The van der Waals surface area contributed by atoms with E-state index >= 15 is 0 Å². The summed E-state index contributed by atoms with van der Waals surface area (Å²) in [5, 5.41) is 1.83. The Morgan fingerprint density at radius 2 is 1.78 bits per heavy atom. The van der Waals surface area contributed by atoms with Gasteiger partial charge in [-0.2, -0.15) is 0 Å². The summed E-state index contributed by atoms with van der Waals surface area (Å²) in [5.74, 6) is -0.157. The molecule has 5 rings (SSSR count). The molecular formula is C29H27BrClN3O2. The molecule has 0 atom stereocenters. The van der Waals surface area contributed by atoms with Gasteiger partial charge in [-0.1, -0.05) is 63.9 Å². The predicted molar refractivity (Wildman–Crippen MR) is 147 cm³/mol. The first kappa shape index (κ1) is 24.6. The highest BCUT2D eigenvalue weighted by molar-refractivity contribution is 9.10. The SMILES string of the molecule is O=C(CN(C(=O)c1cccc(Br)c1)C1CC1)N(CCc1c[nH]c2ccccc12)Cc1ccc(Cl)cc1. The second-order valence-electron chi connectivity index (χ2n) is 9.23. The van der Waals surface area contributed by atoms with Gasteiger partial charge in [-0.25, -0.2) is 0 Å². The van der Waals surface area contributed by atoms with Crippen molar-refractivity contribution in [2.24, 2.45) is 0 Å². The summed E-state index contributed by atoms with van der Waals surface area (Å²) in [6, 6.07) is 23.2. The molecule has 0 aliphatic heterocycles. The van der Waals surface area contributed by atoms with Crippen LogP contribution in [0.1, 0.15) is 34.3 Å². The minimum absolute atomic E-state index is 0.0555. The van der Waals surface area contributed by atoms with E-state index in [0.29, 0.717) is 30.1 Å². The molecular weight excluding hydrogens is 538 g/mol. The number of nitrogens with one attached hydrogen (secondary N) is 1. The first-order chi connectivity index (χ1) is 17.5.